The van der Waals surface area contributed by atoms with Gasteiger partial charge >= 0.3 is 0 Å². The fourth-order valence-electron chi connectivity index (χ4n) is 3.29. The minimum Gasteiger partial charge on any atom is -0.326 e. The van der Waals surface area contributed by atoms with Crippen LogP contribution in [0, 0.1) is 16.0 Å². The van der Waals surface area contributed by atoms with Crippen molar-refractivity contribution in [2.45, 2.75) is 32.1 Å². The molecule has 0 radical (unpaired) electrons. The van der Waals surface area contributed by atoms with E-state index in [0.29, 0.717) is 16.8 Å². The van der Waals surface area contributed by atoms with E-state index in [1.807, 2.05) is 0 Å². The molecule has 1 aliphatic carbocycles. The molecule has 2 amide bonds. The van der Waals surface area contributed by atoms with Crippen LogP contribution in [0.3, 0.4) is 0 Å². The van der Waals surface area contributed by atoms with Gasteiger partial charge in [0, 0.05) is 28.8 Å². The van der Waals surface area contributed by atoms with Gasteiger partial charge in [0.2, 0.25) is 5.91 Å². The Labute approximate surface area is 178 Å². The van der Waals surface area contributed by atoms with E-state index in [9.17, 15) is 19.7 Å². The molecule has 1 saturated carbocycles. The summed E-state index contributed by atoms with van der Waals surface area (Å²) >= 11 is 5.76. The zero-order chi connectivity index (χ0) is 21.5. The van der Waals surface area contributed by atoms with E-state index >= 15 is 0 Å². The van der Waals surface area contributed by atoms with Crippen molar-refractivity contribution in [3.63, 3.8) is 0 Å². The number of benzene rings is 2. The van der Waals surface area contributed by atoms with Crippen LogP contribution in [0.1, 0.15) is 48.0 Å². The molecule has 30 heavy (non-hydrogen) atoms. The molecule has 0 aromatic heterocycles. The summed E-state index contributed by atoms with van der Waals surface area (Å²) in [6.45, 7) is 0. The first-order valence-corrected chi connectivity index (χ1v) is 10.00. The first kappa shape index (κ1) is 21.4. The molecule has 156 valence electrons. The molecule has 0 saturated heterocycles. The Morgan fingerprint density at radius 2 is 1.80 bits per heavy atom. The average Bonchev–Trinajstić information content (AvgIpc) is 2.75. The van der Waals surface area contributed by atoms with E-state index in [4.69, 9.17) is 11.6 Å². The number of amides is 2. The second kappa shape index (κ2) is 9.98. The first-order chi connectivity index (χ1) is 14.4. The second-order valence-corrected chi connectivity index (χ2v) is 7.48. The number of hydrazone groups is 1. The molecule has 2 aromatic carbocycles. The van der Waals surface area contributed by atoms with Crippen molar-refractivity contribution in [3.05, 3.63) is 68.7 Å². The summed E-state index contributed by atoms with van der Waals surface area (Å²) in [5.41, 5.74) is 3.55. The summed E-state index contributed by atoms with van der Waals surface area (Å²) in [6.07, 6.45) is 6.48. The minimum absolute atomic E-state index is 0.0218. The van der Waals surface area contributed by atoms with Crippen molar-refractivity contribution in [1.29, 1.82) is 0 Å². The Balaban J connectivity index is 1.55. The van der Waals surface area contributed by atoms with Crippen LogP contribution in [0.2, 0.25) is 5.02 Å². The number of hydrogen-bond acceptors (Lipinski definition) is 5. The van der Waals surface area contributed by atoms with Crippen molar-refractivity contribution in [3.8, 4) is 0 Å². The molecule has 0 bridgehead atoms. The zero-order valence-electron chi connectivity index (χ0n) is 16.1. The van der Waals surface area contributed by atoms with E-state index in [0.717, 1.165) is 25.7 Å². The second-order valence-electron chi connectivity index (χ2n) is 7.07. The maximum Gasteiger partial charge on any atom is 0.288 e. The van der Waals surface area contributed by atoms with Crippen LogP contribution in [0.4, 0.5) is 11.4 Å². The normalized spacial score (nSPS) is 14.4. The lowest BCUT2D eigenvalue weighted by Gasteiger charge is -2.20. The maximum atomic E-state index is 12.3. The predicted molar refractivity (Wildman–Crippen MR) is 115 cm³/mol. The van der Waals surface area contributed by atoms with Crippen LogP contribution in [0.15, 0.2) is 47.6 Å². The van der Waals surface area contributed by atoms with Crippen LogP contribution >= 0.6 is 11.6 Å². The molecule has 0 heterocycles. The highest BCUT2D eigenvalue weighted by Crippen LogP contribution is 2.25. The Hall–Kier alpha value is -3.26. The number of carbonyl (C=O) groups is 2. The minimum atomic E-state index is -0.590. The van der Waals surface area contributed by atoms with Gasteiger partial charge in [0.25, 0.3) is 11.6 Å². The molecule has 9 heteroatoms. The number of nitro groups is 1. The molecule has 0 aliphatic heterocycles. The number of halogens is 1. The average molecular weight is 429 g/mol. The van der Waals surface area contributed by atoms with Gasteiger partial charge in [0.05, 0.1) is 11.1 Å². The van der Waals surface area contributed by atoms with Crippen molar-refractivity contribution in [2.75, 3.05) is 5.32 Å². The quantitative estimate of drug-likeness (QED) is 0.399. The highest BCUT2D eigenvalue weighted by atomic mass is 35.5. The number of nitrogens with zero attached hydrogens (tertiary/aromatic N) is 2. The fraction of sp³-hybridized carbons (Fsp3) is 0.286. The summed E-state index contributed by atoms with van der Waals surface area (Å²) in [6, 6.07) is 10.7. The smallest absolute Gasteiger partial charge is 0.288 e. The highest BCUT2D eigenvalue weighted by Gasteiger charge is 2.21. The monoisotopic (exact) mass is 428 g/mol. The predicted octanol–water partition coefficient (Wildman–Crippen LogP) is 4.53. The molecule has 0 spiro atoms. The third-order valence-corrected chi connectivity index (χ3v) is 5.26. The summed E-state index contributed by atoms with van der Waals surface area (Å²) in [7, 11) is 0. The molecule has 0 atom stereocenters. The molecular formula is C21H21ClN4O4. The van der Waals surface area contributed by atoms with Gasteiger partial charge in [-0.2, -0.15) is 5.10 Å². The summed E-state index contributed by atoms with van der Waals surface area (Å²) in [5.74, 6) is -0.367. The van der Waals surface area contributed by atoms with Crippen molar-refractivity contribution in [1.82, 2.24) is 5.43 Å². The van der Waals surface area contributed by atoms with Gasteiger partial charge in [-0.15, -0.1) is 0 Å². The molecule has 8 nitrogen and oxygen atoms in total. The lowest BCUT2D eigenvalue weighted by atomic mass is 9.88. The van der Waals surface area contributed by atoms with E-state index in [2.05, 4.69) is 15.8 Å². The van der Waals surface area contributed by atoms with Crippen LogP contribution in [0.5, 0.6) is 0 Å². The fourth-order valence-corrected chi connectivity index (χ4v) is 3.48. The van der Waals surface area contributed by atoms with Crippen LogP contribution in [-0.4, -0.2) is 23.0 Å². The molecule has 0 unspecified atom stereocenters. The Bertz CT molecular complexity index is 969. The van der Waals surface area contributed by atoms with Gasteiger partial charge in [0.15, 0.2) is 0 Å². The van der Waals surface area contributed by atoms with Crippen molar-refractivity contribution < 1.29 is 14.5 Å². The van der Waals surface area contributed by atoms with Crippen LogP contribution < -0.4 is 10.7 Å². The van der Waals surface area contributed by atoms with Crippen LogP contribution in [-0.2, 0) is 4.79 Å². The van der Waals surface area contributed by atoms with Gasteiger partial charge in [-0.25, -0.2) is 5.43 Å². The molecule has 1 fully saturated rings. The number of nitro benzene ring substituents is 1. The third-order valence-electron chi connectivity index (χ3n) is 4.94. The number of nitrogens with one attached hydrogen (secondary N) is 2. The van der Waals surface area contributed by atoms with Gasteiger partial charge in [-0.1, -0.05) is 36.9 Å². The summed E-state index contributed by atoms with van der Waals surface area (Å²) in [5, 5.41) is 17.6. The standard InChI is InChI=1S/C21H21ClN4O4/c22-18-11-6-14(12-19(18)26(29)30)13-23-25-21(28)16-7-9-17(10-8-16)24-20(27)15-4-2-1-3-5-15/h6-13,15H,1-5H2,(H,24,27)(H,25,28). The molecule has 3 rings (SSSR count). The zero-order valence-corrected chi connectivity index (χ0v) is 16.9. The third kappa shape index (κ3) is 5.64. The summed E-state index contributed by atoms with van der Waals surface area (Å²) in [4.78, 5) is 34.8. The first-order valence-electron chi connectivity index (χ1n) is 9.62. The molecule has 1 aliphatic rings. The SMILES string of the molecule is O=C(NN=Cc1ccc(Cl)c([N+](=O)[O-])c1)c1ccc(NC(=O)C2CCCCC2)cc1. The Morgan fingerprint density at radius 1 is 1.10 bits per heavy atom. The summed E-state index contributed by atoms with van der Waals surface area (Å²) < 4.78 is 0. The van der Waals surface area contributed by atoms with E-state index in [1.165, 1.54) is 24.8 Å². The molecule has 2 N–H and O–H groups in total. The van der Waals surface area contributed by atoms with Crippen molar-refractivity contribution >= 4 is 41.0 Å². The number of hydrogen-bond donors (Lipinski definition) is 2. The molecule has 2 aromatic rings. The maximum absolute atomic E-state index is 12.3. The Morgan fingerprint density at radius 3 is 2.47 bits per heavy atom. The van der Waals surface area contributed by atoms with Crippen LogP contribution in [0.25, 0.3) is 0 Å². The molecular weight excluding hydrogens is 408 g/mol. The highest BCUT2D eigenvalue weighted by molar-refractivity contribution is 6.32. The van der Waals surface area contributed by atoms with E-state index in [1.54, 1.807) is 30.3 Å². The lowest BCUT2D eigenvalue weighted by Crippen LogP contribution is -2.24. The number of carbonyl (C=O) groups excluding carboxylic acids is 2. The van der Waals surface area contributed by atoms with Gasteiger partial charge in [-0.05, 0) is 43.2 Å². The Kier molecular flexibility index (Phi) is 7.13. The van der Waals surface area contributed by atoms with E-state index < -0.39 is 10.8 Å². The van der Waals surface area contributed by atoms with Gasteiger partial charge in [0.1, 0.15) is 5.02 Å². The van der Waals surface area contributed by atoms with Crippen molar-refractivity contribution in [2.24, 2.45) is 11.0 Å². The largest absolute Gasteiger partial charge is 0.326 e. The van der Waals surface area contributed by atoms with Gasteiger partial charge < -0.3 is 5.32 Å². The number of rotatable bonds is 6. The topological polar surface area (TPSA) is 114 Å². The van der Waals surface area contributed by atoms with E-state index in [-0.39, 0.29) is 22.5 Å². The lowest BCUT2D eigenvalue weighted by molar-refractivity contribution is -0.384. The van der Waals surface area contributed by atoms with Gasteiger partial charge in [-0.3, -0.25) is 19.7 Å². The number of anilines is 1.